The Labute approximate surface area is 389 Å². The number of hydrogen-bond acceptors (Lipinski definition) is 11. The Hall–Kier alpha value is -7.59. The summed E-state index contributed by atoms with van der Waals surface area (Å²) < 4.78 is 27.3. The normalized spacial score (nSPS) is 19.1. The molecule has 348 valence electrons. The van der Waals surface area contributed by atoms with Gasteiger partial charge in [-0.15, -0.1) is 0 Å². The number of hydrogen-bond donors (Lipinski definition) is 1. The number of benzene rings is 5. The molecule has 4 aliphatic heterocycles. The van der Waals surface area contributed by atoms with Gasteiger partial charge in [-0.25, -0.2) is 39.2 Å². The minimum Gasteiger partial charge on any atom is -0.497 e. The second-order valence-corrected chi connectivity index (χ2v) is 16.6. The molecule has 16 nitrogen and oxygen atoms in total. The van der Waals surface area contributed by atoms with Crippen molar-refractivity contribution in [2.45, 2.75) is 69.9 Å². The molecule has 9 rings (SSSR count). The van der Waals surface area contributed by atoms with Crippen LogP contribution in [0.4, 0.5) is 19.2 Å². The highest BCUT2D eigenvalue weighted by molar-refractivity contribution is 5.80. The number of methoxy groups -OCH3 is 1. The Morgan fingerprint density at radius 2 is 0.776 bits per heavy atom. The van der Waals surface area contributed by atoms with E-state index in [-0.39, 0.29) is 50.8 Å². The zero-order valence-corrected chi connectivity index (χ0v) is 37.3. The van der Waals surface area contributed by atoms with Gasteiger partial charge in [0.1, 0.15) is 32.2 Å². The molecule has 0 spiro atoms. The fraction of sp³-hybridized carbons (Fsp3) is 0.314. The highest BCUT2D eigenvalue weighted by Gasteiger charge is 2.52. The average molecular weight is 911 g/mol. The van der Waals surface area contributed by atoms with Crippen LogP contribution in [-0.4, -0.2) is 113 Å². The van der Waals surface area contributed by atoms with Crippen LogP contribution in [0.25, 0.3) is 0 Å². The molecule has 1 N–H and O–H groups in total. The number of amides is 5. The number of carbonyl (C=O) groups excluding carboxylic acids is 5. The first kappa shape index (κ1) is 46.0. The summed E-state index contributed by atoms with van der Waals surface area (Å²) in [6.07, 6.45) is -0.894. The Balaban J connectivity index is 0.000000192. The van der Waals surface area contributed by atoms with Crippen LogP contribution in [0.1, 0.15) is 40.7 Å². The summed E-state index contributed by atoms with van der Waals surface area (Å²) in [5.74, 6) is 0.642. The van der Waals surface area contributed by atoms with Gasteiger partial charge in [-0.2, -0.15) is 0 Å². The van der Waals surface area contributed by atoms with Crippen LogP contribution in [0, 0.1) is 0 Å². The van der Waals surface area contributed by atoms with Crippen LogP contribution >= 0.6 is 0 Å². The van der Waals surface area contributed by atoms with Gasteiger partial charge in [0.15, 0.2) is 0 Å². The molecule has 0 radical (unpaired) electrons. The first-order valence-corrected chi connectivity index (χ1v) is 22.3. The molecule has 0 aromatic heterocycles. The molecule has 4 fully saturated rings. The molecule has 4 atom stereocenters. The van der Waals surface area contributed by atoms with E-state index in [9.17, 15) is 24.0 Å². The van der Waals surface area contributed by atoms with Gasteiger partial charge in [0.25, 0.3) is 0 Å². The van der Waals surface area contributed by atoms with E-state index in [4.69, 9.17) is 23.7 Å². The zero-order valence-electron chi connectivity index (χ0n) is 37.3. The lowest BCUT2D eigenvalue weighted by molar-refractivity contribution is -0.131. The van der Waals surface area contributed by atoms with Crippen molar-refractivity contribution in [3.63, 3.8) is 0 Å². The number of rotatable bonds is 11. The quantitative estimate of drug-likeness (QED) is 0.132. The molecule has 4 aliphatic rings. The third-order valence-corrected chi connectivity index (χ3v) is 12.0. The Morgan fingerprint density at radius 3 is 1.12 bits per heavy atom. The Kier molecular flexibility index (Phi) is 15.1. The topological polar surface area (TPSA) is 160 Å². The fourth-order valence-corrected chi connectivity index (χ4v) is 8.70. The van der Waals surface area contributed by atoms with Gasteiger partial charge in [-0.1, -0.05) is 133 Å². The zero-order chi connectivity index (χ0) is 46.5. The van der Waals surface area contributed by atoms with Crippen molar-refractivity contribution >= 4 is 30.3 Å². The largest absolute Gasteiger partial charge is 0.497 e. The van der Waals surface area contributed by atoms with E-state index in [1.54, 1.807) is 12.0 Å². The van der Waals surface area contributed by atoms with Gasteiger partial charge in [-0.05, 0) is 52.8 Å². The van der Waals surface area contributed by atoms with Gasteiger partial charge in [0, 0.05) is 26.2 Å². The minimum absolute atomic E-state index is 0.0700. The standard InChI is InChI=1S/C30H31N3O6.C21H23N3O4/c1-37-27-14-12-22(13-15-27)16-28(34)31-18-25-17-26(19-31)33(30(36)39-21-24-10-6-3-7-11-24)32(25)29(35)38-20-23-8-4-2-5-9-23;25-20(27-14-16-7-3-1-4-8-16)23-18-11-19(13-22-12-18)24(23)21(26)28-15-17-9-5-2-6-10-17/h2-15,25-26H,16-21H2,1H3;1-10,18-19,22H,11-15H2. The molecule has 4 bridgehead atoms. The van der Waals surface area contributed by atoms with Crippen molar-refractivity contribution in [2.75, 3.05) is 33.3 Å². The van der Waals surface area contributed by atoms with E-state index >= 15 is 0 Å². The Morgan fingerprint density at radius 1 is 0.448 bits per heavy atom. The van der Waals surface area contributed by atoms with E-state index < -0.39 is 36.5 Å². The lowest BCUT2D eigenvalue weighted by Crippen LogP contribution is -2.50. The lowest BCUT2D eigenvalue weighted by Gasteiger charge is -2.30. The summed E-state index contributed by atoms with van der Waals surface area (Å²) in [5, 5.41) is 8.77. The molecule has 4 heterocycles. The second kappa shape index (κ2) is 22.1. The van der Waals surface area contributed by atoms with Gasteiger partial charge < -0.3 is 33.9 Å². The molecule has 0 aliphatic carbocycles. The summed E-state index contributed by atoms with van der Waals surface area (Å²) in [6.45, 7) is 2.31. The predicted octanol–water partition coefficient (Wildman–Crippen LogP) is 7.34. The molecule has 67 heavy (non-hydrogen) atoms. The maximum Gasteiger partial charge on any atom is 0.429 e. The summed E-state index contributed by atoms with van der Waals surface area (Å²) in [4.78, 5) is 67.1. The number of likely N-dealkylation sites (tertiary alicyclic amines) is 1. The molecule has 5 amide bonds. The number of ether oxygens (including phenoxy) is 5. The van der Waals surface area contributed by atoms with E-state index in [0.29, 0.717) is 39.0 Å². The molecule has 5 aromatic carbocycles. The molecular formula is C51H54N6O10. The fourth-order valence-electron chi connectivity index (χ4n) is 8.70. The third kappa shape index (κ3) is 11.6. The van der Waals surface area contributed by atoms with Crippen molar-refractivity contribution in [1.82, 2.24) is 30.3 Å². The van der Waals surface area contributed by atoms with Gasteiger partial charge in [0.05, 0.1) is 37.7 Å². The van der Waals surface area contributed by atoms with Crippen molar-refractivity contribution in [3.05, 3.63) is 173 Å². The highest BCUT2D eigenvalue weighted by Crippen LogP contribution is 2.33. The number of carbonyl (C=O) groups is 5. The van der Waals surface area contributed by atoms with Crippen molar-refractivity contribution < 1.29 is 47.7 Å². The van der Waals surface area contributed by atoms with Crippen molar-refractivity contribution in [1.29, 1.82) is 0 Å². The number of fused-ring (bicyclic) bond motifs is 4. The first-order chi connectivity index (χ1) is 32.7. The molecular weight excluding hydrogens is 857 g/mol. The van der Waals surface area contributed by atoms with Gasteiger partial charge >= 0.3 is 24.4 Å². The number of nitrogens with zero attached hydrogens (tertiary/aromatic N) is 5. The van der Waals surface area contributed by atoms with Crippen LogP contribution < -0.4 is 10.1 Å². The molecule has 16 heteroatoms. The molecule has 4 unspecified atom stereocenters. The number of nitrogens with one attached hydrogen (secondary N) is 1. The number of hydrazine groups is 2. The Bertz CT molecular complexity index is 2300. The van der Waals surface area contributed by atoms with Crippen LogP contribution in [0.15, 0.2) is 146 Å². The van der Waals surface area contributed by atoms with Gasteiger partial charge in [0.2, 0.25) is 5.91 Å². The van der Waals surface area contributed by atoms with Crippen LogP contribution in [0.3, 0.4) is 0 Å². The summed E-state index contributed by atoms with van der Waals surface area (Å²) in [5.41, 5.74) is 4.32. The van der Waals surface area contributed by atoms with Crippen LogP contribution in [0.2, 0.25) is 0 Å². The summed E-state index contributed by atoms with van der Waals surface area (Å²) in [7, 11) is 1.59. The van der Waals surface area contributed by atoms with Crippen molar-refractivity contribution in [2.24, 2.45) is 0 Å². The van der Waals surface area contributed by atoms with E-state index in [1.165, 1.54) is 20.0 Å². The monoisotopic (exact) mass is 910 g/mol. The maximum atomic E-state index is 13.3. The third-order valence-electron chi connectivity index (χ3n) is 12.0. The SMILES string of the molecule is COc1ccc(CC(=O)N2CC3CC(C2)N(C(=O)OCc2ccccc2)N3C(=O)OCc2ccccc2)cc1.O=C(OCc1ccccc1)N1C2CNCC(C2)N1C(=O)OCc1ccccc1. The molecule has 0 saturated carbocycles. The average Bonchev–Trinajstić information content (AvgIpc) is 3.80. The smallest absolute Gasteiger partial charge is 0.429 e. The van der Waals surface area contributed by atoms with E-state index in [0.717, 1.165) is 33.6 Å². The van der Waals surface area contributed by atoms with E-state index in [2.05, 4.69) is 5.32 Å². The molecule has 4 saturated heterocycles. The predicted molar refractivity (Wildman–Crippen MR) is 244 cm³/mol. The lowest BCUT2D eigenvalue weighted by atomic mass is 10.0. The molecule has 5 aromatic rings. The van der Waals surface area contributed by atoms with Crippen LogP contribution in [-0.2, 0) is 56.6 Å². The minimum atomic E-state index is -0.646. The maximum absolute atomic E-state index is 13.3. The first-order valence-electron chi connectivity index (χ1n) is 22.3. The number of piperidine rings is 2. The van der Waals surface area contributed by atoms with Crippen molar-refractivity contribution in [3.8, 4) is 5.75 Å². The summed E-state index contributed by atoms with van der Waals surface area (Å²) >= 11 is 0. The summed E-state index contributed by atoms with van der Waals surface area (Å²) in [6, 6.07) is 43.9. The van der Waals surface area contributed by atoms with E-state index in [1.807, 2.05) is 146 Å². The van der Waals surface area contributed by atoms with Crippen LogP contribution in [0.5, 0.6) is 5.75 Å². The highest BCUT2D eigenvalue weighted by atomic mass is 16.6. The second-order valence-electron chi connectivity index (χ2n) is 16.6. The van der Waals surface area contributed by atoms with Gasteiger partial charge in [-0.3, -0.25) is 4.79 Å².